The summed E-state index contributed by atoms with van der Waals surface area (Å²) in [5.74, 6) is 0.260. The molecule has 0 bridgehead atoms. The van der Waals surface area contributed by atoms with Gasteiger partial charge in [-0.05, 0) is 38.8 Å². The Labute approximate surface area is 143 Å². The third-order valence-corrected chi connectivity index (χ3v) is 5.91. The first-order valence-electron chi connectivity index (χ1n) is 9.03. The molecule has 0 aliphatic carbocycles. The van der Waals surface area contributed by atoms with Gasteiger partial charge < -0.3 is 15.5 Å². The van der Waals surface area contributed by atoms with Gasteiger partial charge in [-0.3, -0.25) is 19.3 Å². The topological polar surface area (TPSA) is 87.0 Å². The van der Waals surface area contributed by atoms with E-state index in [1.54, 1.807) is 6.92 Å². The molecule has 0 atom stereocenters. The summed E-state index contributed by atoms with van der Waals surface area (Å²) in [6.45, 7) is 6.38. The first-order chi connectivity index (χ1) is 11.5. The molecule has 0 spiro atoms. The van der Waals surface area contributed by atoms with Crippen molar-refractivity contribution in [3.8, 4) is 0 Å². The number of likely N-dealkylation sites (tertiary alicyclic amines) is 3. The molecule has 3 rings (SSSR count). The number of primary amides is 1. The van der Waals surface area contributed by atoms with Crippen LogP contribution in [-0.2, 0) is 14.4 Å². The van der Waals surface area contributed by atoms with Crippen LogP contribution in [0.5, 0.6) is 0 Å². The van der Waals surface area contributed by atoms with Gasteiger partial charge in [0.25, 0.3) is 0 Å². The Morgan fingerprint density at radius 2 is 1.38 bits per heavy atom. The second-order valence-electron chi connectivity index (χ2n) is 7.39. The van der Waals surface area contributed by atoms with Crippen LogP contribution in [-0.4, -0.2) is 77.7 Å². The van der Waals surface area contributed by atoms with E-state index < -0.39 is 0 Å². The van der Waals surface area contributed by atoms with Crippen molar-refractivity contribution in [1.82, 2.24) is 14.7 Å². The Kier molecular flexibility index (Phi) is 5.08. The molecule has 3 aliphatic heterocycles. The lowest BCUT2D eigenvalue weighted by Gasteiger charge is -2.48. The van der Waals surface area contributed by atoms with Crippen LogP contribution in [0, 0.1) is 11.8 Å². The fourth-order valence-corrected chi connectivity index (χ4v) is 4.11. The van der Waals surface area contributed by atoms with E-state index in [4.69, 9.17) is 5.73 Å². The number of piperidine rings is 2. The number of amides is 3. The highest BCUT2D eigenvalue weighted by Crippen LogP contribution is 2.26. The minimum Gasteiger partial charge on any atom is -0.369 e. The molecule has 0 radical (unpaired) electrons. The molecule has 3 aliphatic rings. The quantitative estimate of drug-likeness (QED) is 0.763. The maximum atomic E-state index is 12.6. The highest BCUT2D eigenvalue weighted by molar-refractivity contribution is 5.80. The molecule has 3 saturated heterocycles. The van der Waals surface area contributed by atoms with Gasteiger partial charge in [0.1, 0.15) is 0 Å². The molecular formula is C17H28N4O3. The van der Waals surface area contributed by atoms with E-state index in [2.05, 4.69) is 4.90 Å². The molecule has 3 fully saturated rings. The molecule has 2 N–H and O–H groups in total. The fraction of sp³-hybridized carbons (Fsp3) is 0.824. The number of nitrogens with zero attached hydrogens (tertiary/aromatic N) is 3. The van der Waals surface area contributed by atoms with E-state index in [1.807, 2.05) is 9.80 Å². The van der Waals surface area contributed by atoms with Crippen LogP contribution in [0.25, 0.3) is 0 Å². The van der Waals surface area contributed by atoms with Gasteiger partial charge in [-0.1, -0.05) is 0 Å². The summed E-state index contributed by atoms with van der Waals surface area (Å²) >= 11 is 0. The Balaban J connectivity index is 1.40. The van der Waals surface area contributed by atoms with Crippen molar-refractivity contribution < 1.29 is 14.4 Å². The van der Waals surface area contributed by atoms with Crippen LogP contribution < -0.4 is 5.73 Å². The number of hydrogen-bond acceptors (Lipinski definition) is 4. The van der Waals surface area contributed by atoms with E-state index in [1.165, 1.54) is 0 Å². The molecule has 7 heteroatoms. The third kappa shape index (κ3) is 3.55. The van der Waals surface area contributed by atoms with Gasteiger partial charge in [-0.15, -0.1) is 0 Å². The first kappa shape index (κ1) is 17.2. The predicted molar refractivity (Wildman–Crippen MR) is 88.8 cm³/mol. The molecule has 0 aromatic carbocycles. The molecule has 0 unspecified atom stereocenters. The number of rotatable bonds is 3. The molecular weight excluding hydrogens is 308 g/mol. The van der Waals surface area contributed by atoms with Crippen LogP contribution in [0.4, 0.5) is 0 Å². The summed E-state index contributed by atoms with van der Waals surface area (Å²) in [5.41, 5.74) is 5.37. The molecule has 3 amide bonds. The van der Waals surface area contributed by atoms with Crippen LogP contribution in [0.3, 0.4) is 0 Å². The van der Waals surface area contributed by atoms with Crippen molar-refractivity contribution in [1.29, 1.82) is 0 Å². The summed E-state index contributed by atoms with van der Waals surface area (Å²) < 4.78 is 0. The lowest BCUT2D eigenvalue weighted by Crippen LogP contribution is -2.63. The standard InChI is InChI=1S/C17H28N4O3/c1-12(22)19-6-4-14(5-7-19)17(24)21-10-15(11-21)20-8-2-13(3-9-20)16(18)23/h13-15H,2-11H2,1H3,(H2,18,23). The fourth-order valence-electron chi connectivity index (χ4n) is 4.11. The van der Waals surface area contributed by atoms with Crippen LogP contribution in [0.2, 0.25) is 0 Å². The highest BCUT2D eigenvalue weighted by atomic mass is 16.2. The number of carbonyl (C=O) groups is 3. The third-order valence-electron chi connectivity index (χ3n) is 5.91. The minimum atomic E-state index is -0.183. The monoisotopic (exact) mass is 336 g/mol. The maximum Gasteiger partial charge on any atom is 0.225 e. The van der Waals surface area contributed by atoms with Crippen LogP contribution in [0.15, 0.2) is 0 Å². The zero-order valence-electron chi connectivity index (χ0n) is 14.4. The highest BCUT2D eigenvalue weighted by Gasteiger charge is 2.39. The first-order valence-corrected chi connectivity index (χ1v) is 9.03. The average Bonchev–Trinajstić information content (AvgIpc) is 2.54. The average molecular weight is 336 g/mol. The SMILES string of the molecule is CC(=O)N1CCC(C(=O)N2CC(N3CCC(C(N)=O)CC3)C2)CC1. The van der Waals surface area contributed by atoms with Crippen molar-refractivity contribution in [3.63, 3.8) is 0 Å². The number of carbonyl (C=O) groups excluding carboxylic acids is 3. The zero-order chi connectivity index (χ0) is 17.3. The Hall–Kier alpha value is -1.63. The molecule has 0 aromatic rings. The van der Waals surface area contributed by atoms with Gasteiger partial charge in [0, 0.05) is 51.0 Å². The lowest BCUT2D eigenvalue weighted by molar-refractivity contribution is -0.147. The molecule has 24 heavy (non-hydrogen) atoms. The summed E-state index contributed by atoms with van der Waals surface area (Å²) in [6.07, 6.45) is 3.24. The van der Waals surface area contributed by atoms with E-state index in [0.717, 1.165) is 51.9 Å². The van der Waals surface area contributed by atoms with E-state index in [-0.39, 0.29) is 29.6 Å². The van der Waals surface area contributed by atoms with Crippen LogP contribution in [0.1, 0.15) is 32.6 Å². The normalized spacial score (nSPS) is 24.7. The number of hydrogen-bond donors (Lipinski definition) is 1. The summed E-state index contributed by atoms with van der Waals surface area (Å²) in [6, 6.07) is 0.431. The lowest BCUT2D eigenvalue weighted by atomic mass is 9.91. The summed E-state index contributed by atoms with van der Waals surface area (Å²) in [7, 11) is 0. The molecule has 134 valence electrons. The zero-order valence-corrected chi connectivity index (χ0v) is 14.4. The van der Waals surface area contributed by atoms with Crippen molar-refractivity contribution in [2.45, 2.75) is 38.6 Å². The molecule has 7 nitrogen and oxygen atoms in total. The van der Waals surface area contributed by atoms with Crippen LogP contribution >= 0.6 is 0 Å². The second-order valence-corrected chi connectivity index (χ2v) is 7.39. The molecule has 3 heterocycles. The summed E-state index contributed by atoms with van der Waals surface area (Å²) in [5, 5.41) is 0. The Morgan fingerprint density at radius 1 is 0.833 bits per heavy atom. The predicted octanol–water partition coefficient (Wildman–Crippen LogP) is -0.347. The van der Waals surface area contributed by atoms with Crippen molar-refractivity contribution in [3.05, 3.63) is 0 Å². The molecule has 0 saturated carbocycles. The van der Waals surface area contributed by atoms with E-state index in [0.29, 0.717) is 19.1 Å². The maximum absolute atomic E-state index is 12.6. The number of nitrogens with two attached hydrogens (primary N) is 1. The molecule has 0 aromatic heterocycles. The van der Waals surface area contributed by atoms with Gasteiger partial charge in [0.15, 0.2) is 0 Å². The largest absolute Gasteiger partial charge is 0.369 e. The van der Waals surface area contributed by atoms with E-state index in [9.17, 15) is 14.4 Å². The Morgan fingerprint density at radius 3 is 1.88 bits per heavy atom. The minimum absolute atomic E-state index is 0.0190. The van der Waals surface area contributed by atoms with Crippen molar-refractivity contribution in [2.75, 3.05) is 39.3 Å². The van der Waals surface area contributed by atoms with Gasteiger partial charge in [-0.2, -0.15) is 0 Å². The van der Waals surface area contributed by atoms with E-state index >= 15 is 0 Å². The van der Waals surface area contributed by atoms with Gasteiger partial charge in [0.05, 0.1) is 0 Å². The second kappa shape index (κ2) is 7.09. The van der Waals surface area contributed by atoms with Gasteiger partial charge in [-0.25, -0.2) is 0 Å². The smallest absolute Gasteiger partial charge is 0.225 e. The Bertz CT molecular complexity index is 502. The van der Waals surface area contributed by atoms with Gasteiger partial charge in [0.2, 0.25) is 17.7 Å². The summed E-state index contributed by atoms with van der Waals surface area (Å²) in [4.78, 5) is 41.3. The van der Waals surface area contributed by atoms with Gasteiger partial charge >= 0.3 is 0 Å². The van der Waals surface area contributed by atoms with Crippen molar-refractivity contribution >= 4 is 17.7 Å². The van der Waals surface area contributed by atoms with Crippen molar-refractivity contribution in [2.24, 2.45) is 17.6 Å².